The van der Waals surface area contributed by atoms with Gasteiger partial charge in [-0.25, -0.2) is 0 Å². The zero-order valence-electron chi connectivity index (χ0n) is 7.27. The lowest BCUT2D eigenvalue weighted by Crippen LogP contribution is -2.20. The monoisotopic (exact) mass is 232 g/mol. The van der Waals surface area contributed by atoms with E-state index in [2.05, 4.69) is 4.72 Å². The average Bonchev–Trinajstić information content (AvgIpc) is 2.84. The number of benzene rings is 1. The van der Waals surface area contributed by atoms with Gasteiger partial charge in [-0.2, -0.15) is 12.7 Å². The van der Waals surface area contributed by atoms with Crippen LogP contribution < -0.4 is 4.72 Å². The second-order valence-electron chi connectivity index (χ2n) is 3.02. The highest BCUT2D eigenvalue weighted by atomic mass is 35.5. The zero-order chi connectivity index (χ0) is 10.2. The van der Waals surface area contributed by atoms with E-state index in [1.54, 1.807) is 24.3 Å². The molecule has 2 rings (SSSR count). The van der Waals surface area contributed by atoms with E-state index >= 15 is 0 Å². The summed E-state index contributed by atoms with van der Waals surface area (Å²) in [4.78, 5) is 0. The van der Waals surface area contributed by atoms with Gasteiger partial charge in [0.05, 0.1) is 5.69 Å². The second kappa shape index (κ2) is 3.42. The van der Waals surface area contributed by atoms with E-state index in [0.717, 1.165) is 0 Å². The van der Waals surface area contributed by atoms with Crippen LogP contribution in [0.5, 0.6) is 0 Å². The fraction of sp³-hybridized carbons (Fsp3) is 0.250. The summed E-state index contributed by atoms with van der Waals surface area (Å²) in [6.07, 6.45) is 0. The fourth-order valence-corrected chi connectivity index (χ4v) is 2.35. The normalized spacial score (nSPS) is 16.6. The summed E-state index contributed by atoms with van der Waals surface area (Å²) in [5.41, 5.74) is 0.490. The molecule has 1 fully saturated rings. The molecular weight excluding hydrogens is 224 g/mol. The molecule has 1 aliphatic heterocycles. The Kier molecular flexibility index (Phi) is 2.38. The SMILES string of the molecule is O=S(=O)(Nc1cccc(Cl)c1)N1CC1. The summed E-state index contributed by atoms with van der Waals surface area (Å²) in [6.45, 7) is 1.19. The molecule has 1 aliphatic rings. The highest BCUT2D eigenvalue weighted by Crippen LogP contribution is 2.19. The molecule has 0 spiro atoms. The summed E-state index contributed by atoms with van der Waals surface area (Å²) in [7, 11) is -3.33. The molecule has 14 heavy (non-hydrogen) atoms. The number of hydrogen-bond acceptors (Lipinski definition) is 2. The van der Waals surface area contributed by atoms with E-state index in [9.17, 15) is 8.42 Å². The number of hydrogen-bond donors (Lipinski definition) is 1. The molecule has 0 saturated carbocycles. The molecule has 1 heterocycles. The number of anilines is 1. The number of rotatable bonds is 3. The lowest BCUT2D eigenvalue weighted by atomic mass is 10.3. The van der Waals surface area contributed by atoms with E-state index < -0.39 is 10.2 Å². The van der Waals surface area contributed by atoms with Crippen molar-refractivity contribution in [1.29, 1.82) is 0 Å². The lowest BCUT2D eigenvalue weighted by Gasteiger charge is -2.07. The third-order valence-electron chi connectivity index (χ3n) is 1.82. The van der Waals surface area contributed by atoms with Gasteiger partial charge in [0.1, 0.15) is 0 Å². The highest BCUT2D eigenvalue weighted by Gasteiger charge is 2.31. The van der Waals surface area contributed by atoms with Crippen LogP contribution in [-0.2, 0) is 10.2 Å². The first kappa shape index (κ1) is 9.76. The van der Waals surface area contributed by atoms with Crippen molar-refractivity contribution in [3.8, 4) is 0 Å². The molecule has 0 amide bonds. The van der Waals surface area contributed by atoms with Gasteiger partial charge in [0.25, 0.3) is 0 Å². The Morgan fingerprint density at radius 3 is 2.64 bits per heavy atom. The standard InChI is InChI=1S/C8H9ClN2O2S/c9-7-2-1-3-8(6-7)10-14(12,13)11-4-5-11/h1-3,6,10H,4-5H2. The van der Waals surface area contributed by atoms with E-state index in [4.69, 9.17) is 11.6 Å². The Morgan fingerprint density at radius 2 is 2.07 bits per heavy atom. The molecule has 76 valence electrons. The van der Waals surface area contributed by atoms with Gasteiger partial charge in [0, 0.05) is 18.1 Å². The largest absolute Gasteiger partial charge is 0.301 e. The van der Waals surface area contributed by atoms with Crippen LogP contribution in [0.25, 0.3) is 0 Å². The number of nitrogens with zero attached hydrogens (tertiary/aromatic N) is 1. The Bertz CT molecular complexity index is 442. The average molecular weight is 233 g/mol. The van der Waals surface area contributed by atoms with E-state index in [1.807, 2.05) is 0 Å². The molecule has 1 saturated heterocycles. The third-order valence-corrected chi connectivity index (χ3v) is 3.59. The van der Waals surface area contributed by atoms with Gasteiger partial charge in [-0.3, -0.25) is 4.72 Å². The molecule has 1 aromatic rings. The highest BCUT2D eigenvalue weighted by molar-refractivity contribution is 7.90. The van der Waals surface area contributed by atoms with Gasteiger partial charge in [-0.1, -0.05) is 17.7 Å². The molecule has 0 aliphatic carbocycles. The first-order chi connectivity index (χ1) is 6.58. The minimum absolute atomic E-state index is 0.490. The van der Waals surface area contributed by atoms with E-state index in [0.29, 0.717) is 23.8 Å². The van der Waals surface area contributed by atoms with Gasteiger partial charge in [-0.15, -0.1) is 0 Å². The molecule has 0 aromatic heterocycles. The Balaban J connectivity index is 2.18. The van der Waals surface area contributed by atoms with Crippen molar-refractivity contribution >= 4 is 27.5 Å². The van der Waals surface area contributed by atoms with Gasteiger partial charge < -0.3 is 0 Å². The molecule has 0 atom stereocenters. The van der Waals surface area contributed by atoms with Crippen molar-refractivity contribution < 1.29 is 8.42 Å². The summed E-state index contributed by atoms with van der Waals surface area (Å²) in [5, 5.41) is 0.510. The van der Waals surface area contributed by atoms with Crippen LogP contribution in [0, 0.1) is 0 Å². The minimum atomic E-state index is -3.33. The molecule has 6 heteroatoms. The lowest BCUT2D eigenvalue weighted by molar-refractivity contribution is 0.569. The maximum Gasteiger partial charge on any atom is 0.301 e. The summed E-state index contributed by atoms with van der Waals surface area (Å²) in [6, 6.07) is 6.62. The van der Waals surface area contributed by atoms with Crippen LogP contribution in [0.3, 0.4) is 0 Å². The quantitative estimate of drug-likeness (QED) is 0.799. The molecular formula is C8H9ClN2O2S. The van der Waals surface area contributed by atoms with Gasteiger partial charge in [0.2, 0.25) is 0 Å². The van der Waals surface area contributed by atoms with Gasteiger partial charge in [0.15, 0.2) is 0 Å². The Morgan fingerprint density at radius 1 is 1.36 bits per heavy atom. The predicted molar refractivity (Wildman–Crippen MR) is 55.6 cm³/mol. The Hall–Kier alpha value is -0.780. The van der Waals surface area contributed by atoms with Crippen molar-refractivity contribution in [2.45, 2.75) is 0 Å². The predicted octanol–water partition coefficient (Wildman–Crippen LogP) is 1.31. The van der Waals surface area contributed by atoms with Crippen molar-refractivity contribution in [3.05, 3.63) is 29.3 Å². The summed E-state index contributed by atoms with van der Waals surface area (Å²) in [5.74, 6) is 0. The number of nitrogens with one attached hydrogen (secondary N) is 1. The zero-order valence-corrected chi connectivity index (χ0v) is 8.85. The number of halogens is 1. The van der Waals surface area contributed by atoms with Crippen LogP contribution in [-0.4, -0.2) is 25.8 Å². The smallest absolute Gasteiger partial charge is 0.271 e. The summed E-state index contributed by atoms with van der Waals surface area (Å²) < 4.78 is 26.7. The van der Waals surface area contributed by atoms with Crippen LogP contribution >= 0.6 is 11.6 Å². The molecule has 0 radical (unpaired) electrons. The molecule has 0 unspecified atom stereocenters. The maximum absolute atomic E-state index is 11.4. The maximum atomic E-state index is 11.4. The van der Waals surface area contributed by atoms with Crippen LogP contribution in [0.4, 0.5) is 5.69 Å². The van der Waals surface area contributed by atoms with E-state index in [-0.39, 0.29) is 0 Å². The molecule has 4 nitrogen and oxygen atoms in total. The second-order valence-corrected chi connectivity index (χ2v) is 5.12. The van der Waals surface area contributed by atoms with Crippen molar-refractivity contribution in [2.75, 3.05) is 17.8 Å². The van der Waals surface area contributed by atoms with Gasteiger partial charge >= 0.3 is 10.2 Å². The first-order valence-electron chi connectivity index (χ1n) is 4.11. The first-order valence-corrected chi connectivity index (χ1v) is 5.93. The van der Waals surface area contributed by atoms with Gasteiger partial charge in [-0.05, 0) is 18.2 Å². The fourth-order valence-electron chi connectivity index (χ4n) is 1.05. The minimum Gasteiger partial charge on any atom is -0.271 e. The van der Waals surface area contributed by atoms with Crippen LogP contribution in [0.2, 0.25) is 5.02 Å². The van der Waals surface area contributed by atoms with E-state index in [1.165, 1.54) is 4.31 Å². The molecule has 1 N–H and O–H groups in total. The topological polar surface area (TPSA) is 49.2 Å². The van der Waals surface area contributed by atoms with Crippen molar-refractivity contribution in [1.82, 2.24) is 4.31 Å². The van der Waals surface area contributed by atoms with Crippen molar-refractivity contribution in [2.24, 2.45) is 0 Å². The molecule has 0 bridgehead atoms. The molecule has 1 aromatic carbocycles. The van der Waals surface area contributed by atoms with Crippen LogP contribution in [0.15, 0.2) is 24.3 Å². The Labute approximate surface area is 87.7 Å². The third kappa shape index (κ3) is 2.17. The summed E-state index contributed by atoms with van der Waals surface area (Å²) >= 11 is 5.72. The van der Waals surface area contributed by atoms with Crippen molar-refractivity contribution in [3.63, 3.8) is 0 Å². The van der Waals surface area contributed by atoms with Crippen LogP contribution in [0.1, 0.15) is 0 Å².